The number of nitrogens with two attached hydrogens (primary N) is 1. The summed E-state index contributed by atoms with van der Waals surface area (Å²) in [5, 5.41) is 5.92. The summed E-state index contributed by atoms with van der Waals surface area (Å²) in [5.74, 6) is -0.205. The number of hydrogen-bond donors (Lipinski definition) is 3. The van der Waals surface area contributed by atoms with E-state index < -0.39 is 0 Å². The molecule has 7 nitrogen and oxygen atoms in total. The Labute approximate surface area is 168 Å². The van der Waals surface area contributed by atoms with Gasteiger partial charge in [-0.15, -0.1) is 0 Å². The second-order valence-corrected chi connectivity index (χ2v) is 5.38. The SMILES string of the molecule is C=C/C=C(\OC=C)C(=O)Nc1ccc(N(CC)CCNC)cc1.CCN=CN. The van der Waals surface area contributed by atoms with Gasteiger partial charge >= 0.3 is 0 Å². The zero-order valence-corrected chi connectivity index (χ0v) is 17.1. The third kappa shape index (κ3) is 10.2. The summed E-state index contributed by atoms with van der Waals surface area (Å²) >= 11 is 0. The minimum absolute atomic E-state index is 0.142. The Balaban J connectivity index is 0.00000129. The monoisotopic (exact) mass is 387 g/mol. The molecule has 0 fully saturated rings. The number of likely N-dealkylation sites (N-methyl/N-ethyl adjacent to an activating group) is 2. The number of allylic oxidation sites excluding steroid dienone is 2. The van der Waals surface area contributed by atoms with Crippen molar-refractivity contribution in [3.8, 4) is 0 Å². The van der Waals surface area contributed by atoms with Crippen molar-refractivity contribution in [3.05, 3.63) is 61.6 Å². The molecule has 154 valence electrons. The lowest BCUT2D eigenvalue weighted by atomic mass is 10.2. The van der Waals surface area contributed by atoms with Crippen molar-refractivity contribution in [1.29, 1.82) is 0 Å². The molecular formula is C21H33N5O2. The number of carbonyl (C=O) groups is 1. The molecule has 0 heterocycles. The van der Waals surface area contributed by atoms with Gasteiger partial charge in [0.15, 0.2) is 5.76 Å². The summed E-state index contributed by atoms with van der Waals surface area (Å²) in [4.78, 5) is 18.0. The molecule has 7 heteroatoms. The molecule has 28 heavy (non-hydrogen) atoms. The van der Waals surface area contributed by atoms with E-state index in [0.717, 1.165) is 31.9 Å². The van der Waals surface area contributed by atoms with Gasteiger partial charge < -0.3 is 26.0 Å². The number of nitrogens with one attached hydrogen (secondary N) is 2. The second kappa shape index (κ2) is 16.1. The molecule has 1 amide bonds. The molecule has 1 aromatic rings. The van der Waals surface area contributed by atoms with Crippen molar-refractivity contribution >= 4 is 23.6 Å². The fourth-order valence-corrected chi connectivity index (χ4v) is 2.14. The number of rotatable bonds is 11. The number of carbonyl (C=O) groups excluding carboxylic acids is 1. The fourth-order valence-electron chi connectivity index (χ4n) is 2.14. The highest BCUT2D eigenvalue weighted by Crippen LogP contribution is 2.18. The van der Waals surface area contributed by atoms with Gasteiger partial charge in [-0.2, -0.15) is 0 Å². The van der Waals surface area contributed by atoms with Crippen LogP contribution in [0.1, 0.15) is 13.8 Å². The summed E-state index contributed by atoms with van der Waals surface area (Å²) in [7, 11) is 1.94. The van der Waals surface area contributed by atoms with Crippen LogP contribution in [0.2, 0.25) is 0 Å². The first-order valence-corrected chi connectivity index (χ1v) is 9.19. The van der Waals surface area contributed by atoms with E-state index >= 15 is 0 Å². The first-order chi connectivity index (χ1) is 13.6. The molecule has 0 radical (unpaired) electrons. The lowest BCUT2D eigenvalue weighted by Gasteiger charge is -2.23. The van der Waals surface area contributed by atoms with Crippen LogP contribution in [-0.4, -0.2) is 45.5 Å². The molecule has 4 N–H and O–H groups in total. The van der Waals surface area contributed by atoms with E-state index in [0.29, 0.717) is 5.69 Å². The molecule has 1 rings (SSSR count). The van der Waals surface area contributed by atoms with Crippen molar-refractivity contribution < 1.29 is 9.53 Å². The molecule has 0 atom stereocenters. The molecular weight excluding hydrogens is 354 g/mol. The average molecular weight is 388 g/mol. The normalized spacial score (nSPS) is 10.6. The van der Waals surface area contributed by atoms with Gasteiger partial charge in [0.25, 0.3) is 5.91 Å². The van der Waals surface area contributed by atoms with Crippen LogP contribution >= 0.6 is 0 Å². The molecule has 1 aromatic carbocycles. The number of hydrogen-bond acceptors (Lipinski definition) is 5. The lowest BCUT2D eigenvalue weighted by Crippen LogP contribution is -2.30. The number of amides is 1. The zero-order valence-electron chi connectivity index (χ0n) is 17.1. The van der Waals surface area contributed by atoms with Gasteiger partial charge in [-0.3, -0.25) is 9.79 Å². The van der Waals surface area contributed by atoms with Gasteiger partial charge in [0, 0.05) is 37.6 Å². The van der Waals surface area contributed by atoms with Crippen LogP contribution in [0.25, 0.3) is 0 Å². The van der Waals surface area contributed by atoms with Crippen molar-refractivity contribution in [2.75, 3.05) is 43.4 Å². The van der Waals surface area contributed by atoms with Crippen LogP contribution in [-0.2, 0) is 9.53 Å². The average Bonchev–Trinajstić information content (AvgIpc) is 2.70. The topological polar surface area (TPSA) is 92.0 Å². The molecule has 0 bridgehead atoms. The van der Waals surface area contributed by atoms with Crippen LogP contribution in [0.15, 0.2) is 66.6 Å². The fraction of sp³-hybridized carbons (Fsp3) is 0.333. The molecule has 0 saturated heterocycles. The van der Waals surface area contributed by atoms with Gasteiger partial charge in [0.1, 0.15) is 0 Å². The zero-order chi connectivity index (χ0) is 21.2. The summed E-state index contributed by atoms with van der Waals surface area (Å²) in [5.41, 5.74) is 6.66. The van der Waals surface area contributed by atoms with E-state index in [1.165, 1.54) is 24.8 Å². The van der Waals surface area contributed by atoms with Crippen LogP contribution in [0.4, 0.5) is 11.4 Å². The summed E-state index contributed by atoms with van der Waals surface area (Å²) in [6, 6.07) is 7.71. The maximum atomic E-state index is 12.1. The third-order valence-electron chi connectivity index (χ3n) is 3.50. The van der Waals surface area contributed by atoms with E-state index in [1.54, 1.807) is 0 Å². The molecule has 0 aliphatic heterocycles. The quantitative estimate of drug-likeness (QED) is 0.179. The van der Waals surface area contributed by atoms with Crippen LogP contribution in [0.5, 0.6) is 0 Å². The Morgan fingerprint density at radius 2 is 1.96 bits per heavy atom. The summed E-state index contributed by atoms with van der Waals surface area (Å²) < 4.78 is 5.07. The van der Waals surface area contributed by atoms with Crippen LogP contribution in [0.3, 0.4) is 0 Å². The number of benzene rings is 1. The van der Waals surface area contributed by atoms with E-state index in [2.05, 4.69) is 40.6 Å². The minimum Gasteiger partial charge on any atom is -0.460 e. The Bertz CT molecular complexity index is 639. The van der Waals surface area contributed by atoms with Crippen molar-refractivity contribution in [2.45, 2.75) is 13.8 Å². The number of nitrogens with zero attached hydrogens (tertiary/aromatic N) is 2. The minimum atomic E-state index is -0.347. The highest BCUT2D eigenvalue weighted by molar-refractivity contribution is 6.02. The third-order valence-corrected chi connectivity index (χ3v) is 3.50. The predicted molar refractivity (Wildman–Crippen MR) is 120 cm³/mol. The Kier molecular flexibility index (Phi) is 14.4. The van der Waals surface area contributed by atoms with Gasteiger partial charge in [0.05, 0.1) is 12.6 Å². The van der Waals surface area contributed by atoms with E-state index in [9.17, 15) is 4.79 Å². The van der Waals surface area contributed by atoms with Crippen molar-refractivity contribution in [2.24, 2.45) is 10.7 Å². The first-order valence-electron chi connectivity index (χ1n) is 9.19. The molecule has 0 spiro atoms. The summed E-state index contributed by atoms with van der Waals surface area (Å²) in [6.45, 7) is 14.6. The second-order valence-electron chi connectivity index (χ2n) is 5.38. The summed E-state index contributed by atoms with van der Waals surface area (Å²) in [6.07, 6.45) is 5.49. The molecule has 0 aromatic heterocycles. The molecule has 0 aliphatic rings. The highest BCUT2D eigenvalue weighted by atomic mass is 16.5. The number of ether oxygens (including phenoxy) is 1. The Morgan fingerprint density at radius 3 is 2.39 bits per heavy atom. The van der Waals surface area contributed by atoms with Crippen LogP contribution < -0.4 is 21.3 Å². The number of anilines is 2. The van der Waals surface area contributed by atoms with Crippen molar-refractivity contribution in [3.63, 3.8) is 0 Å². The van der Waals surface area contributed by atoms with E-state index in [4.69, 9.17) is 10.5 Å². The predicted octanol–water partition coefficient (Wildman–Crippen LogP) is 2.89. The van der Waals surface area contributed by atoms with Gasteiger partial charge in [-0.25, -0.2) is 0 Å². The van der Waals surface area contributed by atoms with Gasteiger partial charge in [-0.05, 0) is 51.2 Å². The molecule has 0 saturated carbocycles. The lowest BCUT2D eigenvalue weighted by molar-refractivity contribution is -0.115. The molecule has 0 unspecified atom stereocenters. The van der Waals surface area contributed by atoms with E-state index in [1.807, 2.05) is 38.2 Å². The largest absolute Gasteiger partial charge is 0.460 e. The highest BCUT2D eigenvalue weighted by Gasteiger charge is 2.10. The maximum Gasteiger partial charge on any atom is 0.291 e. The first kappa shape index (κ1) is 24.9. The Hall–Kier alpha value is -3.06. The van der Waals surface area contributed by atoms with E-state index in [-0.39, 0.29) is 11.7 Å². The number of aliphatic imine (C=N–C) groups is 1. The maximum absolute atomic E-state index is 12.1. The Morgan fingerprint density at radius 1 is 1.29 bits per heavy atom. The van der Waals surface area contributed by atoms with Crippen molar-refractivity contribution in [1.82, 2.24) is 5.32 Å². The van der Waals surface area contributed by atoms with Crippen LogP contribution in [0, 0.1) is 0 Å². The standard InChI is InChI=1S/C18H25N3O2.C3H8N2/c1-5-8-17(23-7-3)18(22)20-15-9-11-16(12-10-15)21(6-2)14-13-19-4;1-2-5-3-4/h5,7-12,19H,1,3,6,13-14H2,2,4H3,(H,20,22);3H,2H2,1H3,(H2,4,5)/b17-8-;. The smallest absolute Gasteiger partial charge is 0.291 e. The van der Waals surface area contributed by atoms with Gasteiger partial charge in [0.2, 0.25) is 0 Å². The molecule has 0 aliphatic carbocycles. The van der Waals surface area contributed by atoms with Gasteiger partial charge in [-0.1, -0.05) is 19.2 Å².